The first-order chi connectivity index (χ1) is 12.1. The highest BCUT2D eigenvalue weighted by Crippen LogP contribution is 2.45. The molecule has 0 spiro atoms. The third-order valence-corrected chi connectivity index (χ3v) is 6.23. The third-order valence-electron chi connectivity index (χ3n) is 3.48. The normalized spacial score (nSPS) is 14.1. The first-order valence-electron chi connectivity index (χ1n) is 7.47. The molecule has 0 heterocycles. The SMILES string of the molecule is CC(C)C(O[P+](=O)O)(OS(=O)(=O)c1c(F)cccc1SC(F)(F)F)C(C)C. The van der Waals surface area contributed by atoms with Gasteiger partial charge < -0.3 is 0 Å². The second-order valence-electron chi connectivity index (χ2n) is 6.01. The highest BCUT2D eigenvalue weighted by Gasteiger charge is 2.52. The maximum atomic E-state index is 14.2. The predicted octanol–water partition coefficient (Wildman–Crippen LogP) is 4.82. The van der Waals surface area contributed by atoms with Crippen LogP contribution in [0.2, 0.25) is 0 Å². The summed E-state index contributed by atoms with van der Waals surface area (Å²) in [5.74, 6) is -5.32. The van der Waals surface area contributed by atoms with Crippen LogP contribution in [0.15, 0.2) is 28.0 Å². The highest BCUT2D eigenvalue weighted by molar-refractivity contribution is 8.00. The third kappa shape index (κ3) is 6.10. The van der Waals surface area contributed by atoms with E-state index in [1.807, 2.05) is 0 Å². The average molecular weight is 453 g/mol. The van der Waals surface area contributed by atoms with Crippen LogP contribution in [0.3, 0.4) is 0 Å². The van der Waals surface area contributed by atoms with Gasteiger partial charge in [-0.3, -0.25) is 0 Å². The second-order valence-corrected chi connectivity index (χ2v) is 9.26. The van der Waals surface area contributed by atoms with Crippen molar-refractivity contribution in [3.05, 3.63) is 24.0 Å². The molecule has 1 aromatic rings. The summed E-state index contributed by atoms with van der Waals surface area (Å²) < 4.78 is 98.6. The Kier molecular flexibility index (Phi) is 7.82. The molecule has 1 N–H and O–H groups in total. The molecule has 0 saturated carbocycles. The first-order valence-corrected chi connectivity index (χ1v) is 10.8. The minimum absolute atomic E-state index is 0.663. The van der Waals surface area contributed by atoms with Crippen molar-refractivity contribution in [1.82, 2.24) is 0 Å². The molecule has 6 nitrogen and oxygen atoms in total. The van der Waals surface area contributed by atoms with Crippen LogP contribution in [0.1, 0.15) is 27.7 Å². The summed E-state index contributed by atoms with van der Waals surface area (Å²) in [5.41, 5.74) is -4.88. The quantitative estimate of drug-likeness (QED) is 0.198. The molecule has 154 valence electrons. The number of alkyl halides is 3. The fourth-order valence-electron chi connectivity index (χ4n) is 2.36. The standard InChI is InChI=1S/C14H17F4O6PS2/c1-8(2)13(9(3)4,23-25(19)20)24-27(21,22)12-10(15)6-5-7-11(12)26-14(16,17)18/h5-9H,1-4H3/p+1. The van der Waals surface area contributed by atoms with Crippen LogP contribution in [0.5, 0.6) is 0 Å². The molecule has 0 fully saturated rings. The van der Waals surface area contributed by atoms with Gasteiger partial charge in [0.1, 0.15) is 10.7 Å². The fraction of sp³-hybridized carbons (Fsp3) is 0.571. The van der Waals surface area contributed by atoms with Gasteiger partial charge in [0.2, 0.25) is 5.79 Å². The lowest BCUT2D eigenvalue weighted by atomic mass is 9.92. The summed E-state index contributed by atoms with van der Waals surface area (Å²) >= 11 is -0.822. The molecule has 0 amide bonds. The van der Waals surface area contributed by atoms with E-state index in [2.05, 4.69) is 0 Å². The van der Waals surface area contributed by atoms with E-state index in [0.717, 1.165) is 12.1 Å². The van der Waals surface area contributed by atoms with Gasteiger partial charge in [-0.15, -0.1) is 4.89 Å². The molecule has 0 aliphatic carbocycles. The van der Waals surface area contributed by atoms with Gasteiger partial charge in [-0.1, -0.05) is 38.3 Å². The number of thioether (sulfide) groups is 1. The Morgan fingerprint density at radius 1 is 1.15 bits per heavy atom. The fourth-order valence-corrected chi connectivity index (χ4v) is 5.59. The molecule has 0 aromatic heterocycles. The molecule has 13 heteroatoms. The zero-order chi connectivity index (χ0) is 21.2. The summed E-state index contributed by atoms with van der Waals surface area (Å²) in [6, 6.07) is 2.36. The molecule has 0 saturated heterocycles. The minimum Gasteiger partial charge on any atom is -0.226 e. The Bertz CT molecular complexity index is 787. The van der Waals surface area contributed by atoms with Crippen LogP contribution < -0.4 is 0 Å². The molecule has 27 heavy (non-hydrogen) atoms. The molecular formula is C14H18F4O6PS2+. The molecule has 0 aliphatic rings. The number of halogens is 4. The van der Waals surface area contributed by atoms with Gasteiger partial charge in [0, 0.05) is 21.3 Å². The van der Waals surface area contributed by atoms with Gasteiger partial charge in [-0.25, -0.2) is 8.57 Å². The lowest BCUT2D eigenvalue weighted by Gasteiger charge is -2.34. The number of hydrogen-bond acceptors (Lipinski definition) is 6. The topological polar surface area (TPSA) is 89.9 Å². The summed E-state index contributed by atoms with van der Waals surface area (Å²) in [7, 11) is -8.48. The number of benzene rings is 1. The smallest absolute Gasteiger partial charge is 0.226 e. The lowest BCUT2D eigenvalue weighted by molar-refractivity contribution is -0.176. The Morgan fingerprint density at radius 3 is 2.07 bits per heavy atom. The maximum absolute atomic E-state index is 14.2. The Hall–Kier alpha value is -0.780. The maximum Gasteiger partial charge on any atom is 0.697 e. The van der Waals surface area contributed by atoms with Gasteiger partial charge in [0.05, 0.1) is 0 Å². The van der Waals surface area contributed by atoms with Crippen molar-refractivity contribution in [3.8, 4) is 0 Å². The van der Waals surface area contributed by atoms with E-state index < -0.39 is 68.9 Å². The largest absolute Gasteiger partial charge is 0.697 e. The van der Waals surface area contributed by atoms with Crippen molar-refractivity contribution in [1.29, 1.82) is 0 Å². The highest BCUT2D eigenvalue weighted by atomic mass is 32.2. The predicted molar refractivity (Wildman–Crippen MR) is 89.9 cm³/mol. The molecule has 1 aromatic carbocycles. The minimum atomic E-state index is -5.15. The van der Waals surface area contributed by atoms with E-state index >= 15 is 0 Å². The zero-order valence-electron chi connectivity index (χ0n) is 14.7. The molecule has 1 atom stereocenters. The van der Waals surface area contributed by atoms with E-state index in [-0.39, 0.29) is 0 Å². The van der Waals surface area contributed by atoms with Gasteiger partial charge in [-0.05, 0) is 23.9 Å². The van der Waals surface area contributed by atoms with Crippen molar-refractivity contribution in [2.45, 2.75) is 48.8 Å². The Morgan fingerprint density at radius 2 is 1.67 bits per heavy atom. The Labute approximate surface area is 159 Å². The zero-order valence-corrected chi connectivity index (χ0v) is 17.2. The number of rotatable bonds is 8. The molecular weight excluding hydrogens is 435 g/mol. The van der Waals surface area contributed by atoms with Crippen LogP contribution in [-0.4, -0.2) is 24.6 Å². The van der Waals surface area contributed by atoms with Crippen LogP contribution in [0, 0.1) is 17.7 Å². The van der Waals surface area contributed by atoms with Crippen molar-refractivity contribution in [2.75, 3.05) is 0 Å². The van der Waals surface area contributed by atoms with Gasteiger partial charge >= 0.3 is 23.9 Å². The molecule has 1 unspecified atom stereocenters. The first kappa shape index (κ1) is 24.3. The monoisotopic (exact) mass is 453 g/mol. The second kappa shape index (κ2) is 8.71. The van der Waals surface area contributed by atoms with E-state index in [0.29, 0.717) is 6.07 Å². The van der Waals surface area contributed by atoms with Crippen molar-refractivity contribution in [3.63, 3.8) is 0 Å². The summed E-state index contributed by atoms with van der Waals surface area (Å²) in [6.07, 6.45) is 0. The van der Waals surface area contributed by atoms with Crippen molar-refractivity contribution in [2.24, 2.45) is 11.8 Å². The van der Waals surface area contributed by atoms with E-state index in [4.69, 9.17) is 13.6 Å². The van der Waals surface area contributed by atoms with E-state index in [9.17, 15) is 30.5 Å². The average Bonchev–Trinajstić information content (AvgIpc) is 2.42. The number of hydrogen-bond donors (Lipinski definition) is 1. The van der Waals surface area contributed by atoms with Gasteiger partial charge in [0.15, 0.2) is 0 Å². The van der Waals surface area contributed by atoms with Gasteiger partial charge in [-0.2, -0.15) is 21.6 Å². The van der Waals surface area contributed by atoms with Crippen LogP contribution >= 0.6 is 20.0 Å². The lowest BCUT2D eigenvalue weighted by Crippen LogP contribution is -2.46. The van der Waals surface area contributed by atoms with Crippen LogP contribution in [0.4, 0.5) is 17.6 Å². The summed E-state index contributed by atoms with van der Waals surface area (Å²) in [6.45, 7) is 5.67. The molecule has 1 rings (SSSR count). The molecule has 0 radical (unpaired) electrons. The Balaban J connectivity index is 3.56. The van der Waals surface area contributed by atoms with Crippen LogP contribution in [-0.2, 0) is 23.4 Å². The molecule has 0 aliphatic heterocycles. The molecule has 0 bridgehead atoms. The van der Waals surface area contributed by atoms with Crippen LogP contribution in [0.25, 0.3) is 0 Å². The van der Waals surface area contributed by atoms with E-state index in [1.165, 1.54) is 27.7 Å². The van der Waals surface area contributed by atoms with Crippen molar-refractivity contribution >= 4 is 30.1 Å². The van der Waals surface area contributed by atoms with Crippen molar-refractivity contribution < 1.29 is 44.1 Å². The summed E-state index contributed by atoms with van der Waals surface area (Å²) in [4.78, 5) is 6.84. The van der Waals surface area contributed by atoms with E-state index in [1.54, 1.807) is 0 Å². The van der Waals surface area contributed by atoms with Gasteiger partial charge in [0.25, 0.3) is 0 Å². The summed E-state index contributed by atoms with van der Waals surface area (Å²) in [5, 5.41) is 0.